The highest BCUT2D eigenvalue weighted by atomic mass is 35.5. The summed E-state index contributed by atoms with van der Waals surface area (Å²) in [6.45, 7) is 2.05. The summed E-state index contributed by atoms with van der Waals surface area (Å²) >= 11 is 5.87. The highest BCUT2D eigenvalue weighted by Crippen LogP contribution is 2.24. The quantitative estimate of drug-likeness (QED) is 0.603. The molecule has 0 amide bonds. The second-order valence-corrected chi connectivity index (χ2v) is 4.92. The molecule has 2 aromatic rings. The van der Waals surface area contributed by atoms with Gasteiger partial charge in [-0.15, -0.1) is 0 Å². The molecule has 0 aromatic heterocycles. The second-order valence-electron chi connectivity index (χ2n) is 4.48. The molecule has 0 aliphatic carbocycles. The summed E-state index contributed by atoms with van der Waals surface area (Å²) in [7, 11) is 0. The molecule has 3 heteroatoms. The number of hydrogen-bond acceptors (Lipinski definition) is 2. The van der Waals surface area contributed by atoms with Crippen molar-refractivity contribution in [3.8, 4) is 0 Å². The molecule has 19 heavy (non-hydrogen) atoms. The van der Waals surface area contributed by atoms with E-state index in [1.54, 1.807) is 18.2 Å². The lowest BCUT2D eigenvalue weighted by molar-refractivity contribution is 0.557. The first-order valence-corrected chi connectivity index (χ1v) is 6.45. The van der Waals surface area contributed by atoms with E-state index in [1.165, 1.54) is 5.56 Å². The maximum atomic E-state index is 10.6. The van der Waals surface area contributed by atoms with E-state index in [9.17, 15) is 4.79 Å². The third-order valence-electron chi connectivity index (χ3n) is 2.97. The molecule has 0 radical (unpaired) electrons. The first-order chi connectivity index (χ1) is 9.19. The summed E-state index contributed by atoms with van der Waals surface area (Å²) in [6, 6.07) is 15.4. The topological polar surface area (TPSA) is 29.4 Å². The van der Waals surface area contributed by atoms with Gasteiger partial charge in [0.2, 0.25) is 6.08 Å². The number of rotatable bonds is 4. The molecule has 0 spiro atoms. The average molecular weight is 272 g/mol. The Labute approximate surface area is 117 Å². The lowest BCUT2D eigenvalue weighted by Gasteiger charge is -2.11. The van der Waals surface area contributed by atoms with Crippen LogP contribution in [-0.4, -0.2) is 6.08 Å². The van der Waals surface area contributed by atoms with Crippen molar-refractivity contribution in [1.82, 2.24) is 0 Å². The predicted molar refractivity (Wildman–Crippen MR) is 77.2 cm³/mol. The van der Waals surface area contributed by atoms with E-state index in [1.807, 2.05) is 37.3 Å². The van der Waals surface area contributed by atoms with Crippen molar-refractivity contribution in [2.45, 2.75) is 19.4 Å². The van der Waals surface area contributed by atoms with Crippen LogP contribution in [0.3, 0.4) is 0 Å². The van der Waals surface area contributed by atoms with Gasteiger partial charge in [0, 0.05) is 5.02 Å². The summed E-state index contributed by atoms with van der Waals surface area (Å²) in [5.41, 5.74) is 3.32. The molecule has 2 nitrogen and oxygen atoms in total. The minimum Gasteiger partial charge on any atom is -0.211 e. The zero-order chi connectivity index (χ0) is 13.7. The largest absolute Gasteiger partial charge is 0.235 e. The Bertz CT molecular complexity index is 600. The van der Waals surface area contributed by atoms with Crippen LogP contribution in [0.15, 0.2) is 53.5 Å². The highest BCUT2D eigenvalue weighted by molar-refractivity contribution is 6.30. The summed E-state index contributed by atoms with van der Waals surface area (Å²) in [6.07, 6.45) is 2.34. The van der Waals surface area contributed by atoms with E-state index >= 15 is 0 Å². The van der Waals surface area contributed by atoms with Gasteiger partial charge in [-0.3, -0.25) is 0 Å². The van der Waals surface area contributed by atoms with Gasteiger partial charge in [-0.25, -0.2) is 4.79 Å². The zero-order valence-corrected chi connectivity index (χ0v) is 11.4. The highest BCUT2D eigenvalue weighted by Gasteiger charge is 2.11. The Morgan fingerprint density at radius 3 is 2.58 bits per heavy atom. The van der Waals surface area contributed by atoms with E-state index in [0.717, 1.165) is 11.1 Å². The van der Waals surface area contributed by atoms with Gasteiger partial charge in [0.05, 0.1) is 6.04 Å². The van der Waals surface area contributed by atoms with E-state index in [0.29, 0.717) is 11.4 Å². The molecule has 2 rings (SSSR count). The fourth-order valence-corrected chi connectivity index (χ4v) is 2.17. The molecule has 0 saturated heterocycles. The summed E-state index contributed by atoms with van der Waals surface area (Å²) in [5, 5.41) is 0.674. The maximum Gasteiger partial charge on any atom is 0.235 e. The molecule has 2 aromatic carbocycles. The molecule has 0 N–H and O–H groups in total. The molecule has 0 aliphatic rings. The van der Waals surface area contributed by atoms with Gasteiger partial charge in [-0.05, 0) is 36.6 Å². The fourth-order valence-electron chi connectivity index (χ4n) is 2.05. The molecule has 1 atom stereocenters. The summed E-state index contributed by atoms with van der Waals surface area (Å²) in [4.78, 5) is 14.5. The number of aliphatic imine (C=N–C) groups is 1. The van der Waals surface area contributed by atoms with Crippen molar-refractivity contribution in [1.29, 1.82) is 0 Å². The van der Waals surface area contributed by atoms with E-state index in [-0.39, 0.29) is 6.04 Å². The maximum absolute atomic E-state index is 10.6. The van der Waals surface area contributed by atoms with Gasteiger partial charge in [-0.1, -0.05) is 53.6 Å². The Kier molecular flexibility index (Phi) is 4.51. The monoisotopic (exact) mass is 271 g/mol. The Hall–Kier alpha value is -1.89. The zero-order valence-electron chi connectivity index (χ0n) is 10.6. The van der Waals surface area contributed by atoms with Crippen LogP contribution in [0.4, 0.5) is 0 Å². The van der Waals surface area contributed by atoms with Crippen molar-refractivity contribution in [3.63, 3.8) is 0 Å². The van der Waals surface area contributed by atoms with Crippen molar-refractivity contribution in [2.24, 2.45) is 4.99 Å². The van der Waals surface area contributed by atoms with Crippen LogP contribution in [0.25, 0.3) is 0 Å². The number of benzene rings is 2. The third-order valence-corrected chi connectivity index (χ3v) is 3.23. The smallest absolute Gasteiger partial charge is 0.211 e. The summed E-state index contributed by atoms with van der Waals surface area (Å²) in [5.74, 6) is 0. The fraction of sp³-hybridized carbons (Fsp3) is 0.188. The van der Waals surface area contributed by atoms with Crippen LogP contribution in [-0.2, 0) is 11.2 Å². The van der Waals surface area contributed by atoms with Gasteiger partial charge in [0.1, 0.15) is 0 Å². The molecule has 0 bridgehead atoms. The molecule has 1 unspecified atom stereocenters. The van der Waals surface area contributed by atoms with Crippen LogP contribution in [0.2, 0.25) is 5.02 Å². The molecule has 0 aliphatic heterocycles. The minimum absolute atomic E-state index is 0.212. The van der Waals surface area contributed by atoms with Crippen molar-refractivity contribution in [2.75, 3.05) is 0 Å². The standard InChI is InChI=1S/C16H14ClNO/c1-12-3-2-4-13(9-12)10-16(18-11-19)14-5-7-15(17)8-6-14/h2-9,16H,10H2,1H3. The van der Waals surface area contributed by atoms with E-state index in [2.05, 4.69) is 11.1 Å². The van der Waals surface area contributed by atoms with Crippen LogP contribution in [0, 0.1) is 6.92 Å². The predicted octanol–water partition coefficient (Wildman–Crippen LogP) is 4.27. The average Bonchev–Trinajstić information content (AvgIpc) is 2.39. The number of halogens is 1. The number of carbonyl (C=O) groups excluding carboxylic acids is 1. The van der Waals surface area contributed by atoms with Gasteiger partial charge < -0.3 is 0 Å². The number of hydrogen-bond donors (Lipinski definition) is 0. The van der Waals surface area contributed by atoms with Gasteiger partial charge >= 0.3 is 0 Å². The summed E-state index contributed by atoms with van der Waals surface area (Å²) < 4.78 is 0. The molecule has 0 saturated carbocycles. The normalized spacial score (nSPS) is 11.7. The molecule has 0 fully saturated rings. The minimum atomic E-state index is -0.212. The lowest BCUT2D eigenvalue weighted by Crippen LogP contribution is -2.00. The molecule has 96 valence electrons. The molecular formula is C16H14ClNO. The van der Waals surface area contributed by atoms with E-state index in [4.69, 9.17) is 11.6 Å². The van der Waals surface area contributed by atoms with Crippen molar-refractivity contribution in [3.05, 3.63) is 70.2 Å². The van der Waals surface area contributed by atoms with Crippen LogP contribution >= 0.6 is 11.6 Å². The molecule has 0 heterocycles. The van der Waals surface area contributed by atoms with Crippen molar-refractivity contribution >= 4 is 17.7 Å². The SMILES string of the molecule is Cc1cccc(CC(N=C=O)c2ccc(Cl)cc2)c1. The lowest BCUT2D eigenvalue weighted by atomic mass is 9.98. The molecular weight excluding hydrogens is 258 g/mol. The number of isocyanates is 1. The second kappa shape index (κ2) is 6.33. The number of nitrogens with zero attached hydrogens (tertiary/aromatic N) is 1. The Morgan fingerprint density at radius 2 is 1.95 bits per heavy atom. The van der Waals surface area contributed by atoms with E-state index < -0.39 is 0 Å². The van der Waals surface area contributed by atoms with Gasteiger partial charge in [0.15, 0.2) is 0 Å². The Morgan fingerprint density at radius 1 is 1.21 bits per heavy atom. The third kappa shape index (κ3) is 3.78. The first-order valence-electron chi connectivity index (χ1n) is 6.07. The van der Waals surface area contributed by atoms with Crippen LogP contribution in [0.1, 0.15) is 22.7 Å². The first kappa shape index (κ1) is 13.5. The number of aryl methyl sites for hydroxylation is 1. The van der Waals surface area contributed by atoms with Crippen LogP contribution in [0.5, 0.6) is 0 Å². The van der Waals surface area contributed by atoms with Gasteiger partial charge in [-0.2, -0.15) is 4.99 Å². The Balaban J connectivity index is 2.26. The van der Waals surface area contributed by atoms with Crippen molar-refractivity contribution < 1.29 is 4.79 Å². The van der Waals surface area contributed by atoms with Crippen LogP contribution < -0.4 is 0 Å². The van der Waals surface area contributed by atoms with Gasteiger partial charge in [0.25, 0.3) is 0 Å².